The number of hydrogen-bond donors (Lipinski definition) is 2. The minimum absolute atomic E-state index is 0.0905. The van der Waals surface area contributed by atoms with Crippen molar-refractivity contribution in [1.82, 2.24) is 10.3 Å². The number of hydrogen-bond acceptors (Lipinski definition) is 3. The third-order valence-electron chi connectivity index (χ3n) is 2.72. The second-order valence-corrected chi connectivity index (χ2v) is 4.66. The van der Waals surface area contributed by atoms with Crippen LogP contribution in [0.4, 0.5) is 4.39 Å². The monoisotopic (exact) mass is 307 g/mol. The Morgan fingerprint density at radius 2 is 1.86 bits per heavy atom. The Kier molecular flexibility index (Phi) is 4.49. The average Bonchev–Trinajstić information content (AvgIpc) is 2.46. The predicted molar refractivity (Wildman–Crippen MR) is 75.0 cm³/mol. The summed E-state index contributed by atoms with van der Waals surface area (Å²) in [5.74, 6) is -1.80. The quantitative estimate of drug-likeness (QED) is 0.903. The van der Waals surface area contributed by atoms with Crippen molar-refractivity contribution in [3.63, 3.8) is 0 Å². The number of nitrogens with two attached hydrogens (primary N) is 1. The van der Waals surface area contributed by atoms with Crippen LogP contribution in [-0.2, 0) is 4.79 Å². The smallest absolute Gasteiger partial charge is 0.270 e. The molecule has 0 aliphatic rings. The number of halogens is 2. The molecule has 0 aliphatic heterocycles. The van der Waals surface area contributed by atoms with Crippen LogP contribution in [0.1, 0.15) is 22.1 Å². The lowest BCUT2D eigenvalue weighted by molar-refractivity contribution is -0.120. The van der Waals surface area contributed by atoms with Crippen LogP contribution in [-0.4, -0.2) is 16.8 Å². The van der Waals surface area contributed by atoms with Crippen molar-refractivity contribution in [2.45, 2.75) is 6.04 Å². The minimum atomic E-state index is -1.07. The summed E-state index contributed by atoms with van der Waals surface area (Å²) in [6.07, 6.45) is 1.31. The van der Waals surface area contributed by atoms with Gasteiger partial charge in [0.2, 0.25) is 5.91 Å². The van der Waals surface area contributed by atoms with E-state index in [9.17, 15) is 14.0 Å². The molecule has 5 nitrogen and oxygen atoms in total. The fourth-order valence-corrected chi connectivity index (χ4v) is 1.80. The molecule has 0 unspecified atom stereocenters. The standard InChI is InChI=1S/C14H11ClFN3O2/c15-9-3-6-11(18-7-9)14(21)19-12(13(17)20)8-1-4-10(16)5-2-8/h1-7,12H,(H2,17,20)(H,19,21)/t12-/m0/s1. The number of carbonyl (C=O) groups excluding carboxylic acids is 2. The fraction of sp³-hybridized carbons (Fsp3) is 0.0714. The Labute approximate surface area is 124 Å². The largest absolute Gasteiger partial charge is 0.368 e. The Bertz CT molecular complexity index is 659. The third kappa shape index (κ3) is 3.76. The summed E-state index contributed by atoms with van der Waals surface area (Å²) in [5, 5.41) is 2.83. The molecule has 0 spiro atoms. The first-order valence-electron chi connectivity index (χ1n) is 5.94. The first kappa shape index (κ1) is 14.9. The number of nitrogens with zero attached hydrogens (tertiary/aromatic N) is 1. The molecular weight excluding hydrogens is 297 g/mol. The first-order chi connectivity index (χ1) is 9.97. The van der Waals surface area contributed by atoms with E-state index in [1.54, 1.807) is 0 Å². The van der Waals surface area contributed by atoms with E-state index in [0.717, 1.165) is 0 Å². The van der Waals surface area contributed by atoms with Gasteiger partial charge in [0, 0.05) is 6.20 Å². The lowest BCUT2D eigenvalue weighted by atomic mass is 10.1. The van der Waals surface area contributed by atoms with Crippen LogP contribution < -0.4 is 11.1 Å². The Morgan fingerprint density at radius 3 is 2.38 bits per heavy atom. The van der Waals surface area contributed by atoms with Crippen molar-refractivity contribution in [1.29, 1.82) is 0 Å². The highest BCUT2D eigenvalue weighted by molar-refractivity contribution is 6.30. The molecule has 2 rings (SSSR count). The van der Waals surface area contributed by atoms with E-state index < -0.39 is 23.7 Å². The summed E-state index contributed by atoms with van der Waals surface area (Å²) in [4.78, 5) is 27.3. The molecule has 0 radical (unpaired) electrons. The van der Waals surface area contributed by atoms with Gasteiger partial charge in [0.15, 0.2) is 0 Å². The highest BCUT2D eigenvalue weighted by Gasteiger charge is 2.21. The van der Waals surface area contributed by atoms with E-state index in [0.29, 0.717) is 10.6 Å². The fourth-order valence-electron chi connectivity index (χ4n) is 1.69. The van der Waals surface area contributed by atoms with E-state index in [4.69, 9.17) is 17.3 Å². The zero-order chi connectivity index (χ0) is 15.4. The molecule has 0 aliphatic carbocycles. The van der Waals surface area contributed by atoms with Crippen molar-refractivity contribution >= 4 is 23.4 Å². The van der Waals surface area contributed by atoms with Crippen molar-refractivity contribution in [3.8, 4) is 0 Å². The molecule has 7 heteroatoms. The van der Waals surface area contributed by atoms with E-state index in [1.165, 1.54) is 42.6 Å². The number of nitrogens with one attached hydrogen (secondary N) is 1. The maximum Gasteiger partial charge on any atom is 0.270 e. The van der Waals surface area contributed by atoms with E-state index in [1.807, 2.05) is 0 Å². The molecule has 1 aromatic carbocycles. The molecule has 0 fully saturated rings. The molecule has 0 saturated heterocycles. The van der Waals surface area contributed by atoms with Crippen molar-refractivity contribution in [2.24, 2.45) is 5.73 Å². The minimum Gasteiger partial charge on any atom is -0.368 e. The highest BCUT2D eigenvalue weighted by atomic mass is 35.5. The summed E-state index contributed by atoms with van der Waals surface area (Å²) in [5.41, 5.74) is 5.74. The first-order valence-corrected chi connectivity index (χ1v) is 6.32. The molecule has 0 bridgehead atoms. The number of rotatable bonds is 4. The van der Waals surface area contributed by atoms with Gasteiger partial charge < -0.3 is 11.1 Å². The van der Waals surface area contributed by atoms with Gasteiger partial charge >= 0.3 is 0 Å². The van der Waals surface area contributed by atoms with Gasteiger partial charge in [-0.2, -0.15) is 0 Å². The van der Waals surface area contributed by atoms with Crippen molar-refractivity contribution in [3.05, 3.63) is 64.7 Å². The molecule has 1 atom stereocenters. The second-order valence-electron chi connectivity index (χ2n) is 4.22. The maximum absolute atomic E-state index is 12.9. The molecule has 2 aromatic rings. The SMILES string of the molecule is NC(=O)[C@@H](NC(=O)c1ccc(Cl)cn1)c1ccc(F)cc1. The number of aromatic nitrogens is 1. The number of pyridine rings is 1. The van der Waals surface area contributed by atoms with Gasteiger partial charge in [-0.3, -0.25) is 9.59 Å². The molecule has 0 saturated carbocycles. The van der Waals surface area contributed by atoms with E-state index >= 15 is 0 Å². The van der Waals surface area contributed by atoms with Crippen molar-refractivity contribution in [2.75, 3.05) is 0 Å². The maximum atomic E-state index is 12.9. The summed E-state index contributed by atoms with van der Waals surface area (Å²) in [6.45, 7) is 0. The molecule has 2 amide bonds. The third-order valence-corrected chi connectivity index (χ3v) is 2.95. The number of benzene rings is 1. The lowest BCUT2D eigenvalue weighted by Gasteiger charge is -2.15. The van der Waals surface area contributed by atoms with E-state index in [2.05, 4.69) is 10.3 Å². The number of primary amides is 1. The van der Waals surface area contributed by atoms with Crippen LogP contribution in [0.3, 0.4) is 0 Å². The number of amides is 2. The van der Waals surface area contributed by atoms with E-state index in [-0.39, 0.29) is 5.69 Å². The Morgan fingerprint density at radius 1 is 1.19 bits per heavy atom. The summed E-state index contributed by atoms with van der Waals surface area (Å²) >= 11 is 5.68. The topological polar surface area (TPSA) is 85.1 Å². The molecular formula is C14H11ClFN3O2. The van der Waals surface area contributed by atoms with Crippen LogP contribution >= 0.6 is 11.6 Å². The lowest BCUT2D eigenvalue weighted by Crippen LogP contribution is -2.37. The molecule has 108 valence electrons. The Hall–Kier alpha value is -2.47. The van der Waals surface area contributed by atoms with Crippen LogP contribution in [0, 0.1) is 5.82 Å². The average molecular weight is 308 g/mol. The van der Waals surface area contributed by atoms with Crippen LogP contribution in [0.5, 0.6) is 0 Å². The van der Waals surface area contributed by atoms with Gasteiger partial charge in [-0.15, -0.1) is 0 Å². The number of carbonyl (C=O) groups is 2. The second kappa shape index (κ2) is 6.32. The van der Waals surface area contributed by atoms with Gasteiger partial charge in [0.25, 0.3) is 5.91 Å². The molecule has 3 N–H and O–H groups in total. The van der Waals surface area contributed by atoms with Crippen molar-refractivity contribution < 1.29 is 14.0 Å². The highest BCUT2D eigenvalue weighted by Crippen LogP contribution is 2.14. The summed E-state index contributed by atoms with van der Waals surface area (Å²) < 4.78 is 12.9. The van der Waals surface area contributed by atoms with Crippen LogP contribution in [0.15, 0.2) is 42.6 Å². The van der Waals surface area contributed by atoms with Crippen LogP contribution in [0.2, 0.25) is 5.02 Å². The van der Waals surface area contributed by atoms with Gasteiger partial charge in [0.05, 0.1) is 5.02 Å². The van der Waals surface area contributed by atoms with Gasteiger partial charge in [-0.1, -0.05) is 23.7 Å². The molecule has 1 aromatic heterocycles. The zero-order valence-corrected chi connectivity index (χ0v) is 11.5. The molecule has 21 heavy (non-hydrogen) atoms. The normalized spacial score (nSPS) is 11.7. The predicted octanol–water partition coefficient (Wildman–Crippen LogP) is 1.83. The molecule has 1 heterocycles. The summed E-state index contributed by atoms with van der Waals surface area (Å²) in [7, 11) is 0. The Balaban J connectivity index is 2.20. The van der Waals surface area contributed by atoms with Gasteiger partial charge in [0.1, 0.15) is 17.6 Å². The zero-order valence-electron chi connectivity index (χ0n) is 10.7. The summed E-state index contributed by atoms with van der Waals surface area (Å²) in [6, 6.07) is 6.95. The van der Waals surface area contributed by atoms with Gasteiger partial charge in [-0.25, -0.2) is 9.37 Å². The van der Waals surface area contributed by atoms with Crippen LogP contribution in [0.25, 0.3) is 0 Å². The van der Waals surface area contributed by atoms with Gasteiger partial charge in [-0.05, 0) is 29.8 Å².